The number of aromatic nitrogens is 2. The predicted octanol–water partition coefficient (Wildman–Crippen LogP) is 4.59. The first kappa shape index (κ1) is 20.9. The van der Waals surface area contributed by atoms with Crippen LogP contribution < -0.4 is 10.9 Å². The van der Waals surface area contributed by atoms with Gasteiger partial charge in [-0.2, -0.15) is 0 Å². The highest BCUT2D eigenvalue weighted by molar-refractivity contribution is 7.98. The number of unbranched alkanes of at least 4 members (excludes halogenated alkanes) is 1. The van der Waals surface area contributed by atoms with Crippen LogP contribution in [0.4, 0.5) is 5.69 Å². The molecule has 0 atom stereocenters. The lowest BCUT2D eigenvalue weighted by molar-refractivity contribution is -0.115. The van der Waals surface area contributed by atoms with Crippen molar-refractivity contribution in [1.82, 2.24) is 9.97 Å². The third-order valence-corrected chi connectivity index (χ3v) is 5.33. The van der Waals surface area contributed by atoms with Crippen molar-refractivity contribution in [3.8, 4) is 0 Å². The minimum absolute atomic E-state index is 0.0560. The molecule has 0 fully saturated rings. The van der Waals surface area contributed by atoms with E-state index in [1.807, 2.05) is 54.6 Å². The van der Waals surface area contributed by atoms with Crippen molar-refractivity contribution in [1.29, 1.82) is 0 Å². The lowest BCUT2D eigenvalue weighted by atomic mass is 10.1. The van der Waals surface area contributed by atoms with Gasteiger partial charge in [-0.1, -0.05) is 67.6 Å². The van der Waals surface area contributed by atoms with Gasteiger partial charge in [-0.05, 0) is 36.1 Å². The Kier molecular flexibility index (Phi) is 7.64. The van der Waals surface area contributed by atoms with Crippen LogP contribution in [0.3, 0.4) is 0 Å². The summed E-state index contributed by atoms with van der Waals surface area (Å²) in [5.41, 5.74) is 3.37. The summed E-state index contributed by atoms with van der Waals surface area (Å²) < 4.78 is 0. The van der Waals surface area contributed by atoms with Crippen LogP contribution in [-0.4, -0.2) is 15.9 Å². The van der Waals surface area contributed by atoms with Crippen LogP contribution in [0.1, 0.15) is 36.6 Å². The van der Waals surface area contributed by atoms with Crippen LogP contribution in [0.5, 0.6) is 0 Å². The SMILES string of the molecule is CCCCc1ccc(NC(=O)Cc2cc(=O)[nH]c(SCc3ccccc3)n2)cc1. The Balaban J connectivity index is 1.58. The van der Waals surface area contributed by atoms with Crippen molar-refractivity contribution in [2.75, 3.05) is 5.32 Å². The van der Waals surface area contributed by atoms with Crippen molar-refractivity contribution in [3.05, 3.63) is 87.8 Å². The largest absolute Gasteiger partial charge is 0.326 e. The average Bonchev–Trinajstić information content (AvgIpc) is 2.72. The fourth-order valence-corrected chi connectivity index (χ4v) is 3.72. The molecule has 2 N–H and O–H groups in total. The Morgan fingerprint density at radius 3 is 2.55 bits per heavy atom. The maximum absolute atomic E-state index is 12.4. The number of aromatic amines is 1. The molecular formula is C23H25N3O2S. The molecule has 5 nitrogen and oxygen atoms in total. The highest BCUT2D eigenvalue weighted by Crippen LogP contribution is 2.18. The molecule has 1 amide bonds. The first-order valence-corrected chi connectivity index (χ1v) is 10.8. The van der Waals surface area contributed by atoms with Crippen LogP contribution in [-0.2, 0) is 23.4 Å². The number of rotatable bonds is 9. The molecule has 29 heavy (non-hydrogen) atoms. The van der Waals surface area contributed by atoms with E-state index in [2.05, 4.69) is 22.2 Å². The Hall–Kier alpha value is -2.86. The summed E-state index contributed by atoms with van der Waals surface area (Å²) in [6.45, 7) is 2.17. The van der Waals surface area contributed by atoms with E-state index in [0.717, 1.165) is 30.5 Å². The van der Waals surface area contributed by atoms with E-state index in [-0.39, 0.29) is 17.9 Å². The summed E-state index contributed by atoms with van der Waals surface area (Å²) in [4.78, 5) is 31.5. The third kappa shape index (κ3) is 6.91. The van der Waals surface area contributed by atoms with Gasteiger partial charge in [0.1, 0.15) is 0 Å². The van der Waals surface area contributed by atoms with E-state index < -0.39 is 0 Å². The van der Waals surface area contributed by atoms with E-state index in [4.69, 9.17) is 0 Å². The van der Waals surface area contributed by atoms with Gasteiger partial charge in [0.05, 0.1) is 12.1 Å². The minimum atomic E-state index is -0.251. The number of anilines is 1. The number of amides is 1. The van der Waals surface area contributed by atoms with Crippen LogP contribution >= 0.6 is 11.8 Å². The second-order valence-electron chi connectivity index (χ2n) is 6.84. The lowest BCUT2D eigenvalue weighted by Crippen LogP contribution is -2.18. The first-order valence-electron chi connectivity index (χ1n) is 9.78. The average molecular weight is 408 g/mol. The molecular weight excluding hydrogens is 382 g/mol. The number of nitrogens with one attached hydrogen (secondary N) is 2. The molecule has 0 aliphatic rings. The Morgan fingerprint density at radius 2 is 1.83 bits per heavy atom. The van der Waals surface area contributed by atoms with Crippen LogP contribution in [0.15, 0.2) is 70.6 Å². The number of hydrogen-bond acceptors (Lipinski definition) is 4. The highest BCUT2D eigenvalue weighted by Gasteiger charge is 2.09. The van der Waals surface area contributed by atoms with Gasteiger partial charge in [-0.25, -0.2) is 4.98 Å². The molecule has 2 aromatic carbocycles. The van der Waals surface area contributed by atoms with Crippen molar-refractivity contribution < 1.29 is 4.79 Å². The van der Waals surface area contributed by atoms with E-state index in [9.17, 15) is 9.59 Å². The molecule has 1 heterocycles. The fraction of sp³-hybridized carbons (Fsp3) is 0.261. The van der Waals surface area contributed by atoms with Crippen molar-refractivity contribution in [2.24, 2.45) is 0 Å². The zero-order valence-corrected chi connectivity index (χ0v) is 17.3. The molecule has 3 aromatic rings. The van der Waals surface area contributed by atoms with Crippen LogP contribution in [0, 0.1) is 0 Å². The van der Waals surface area contributed by atoms with Gasteiger partial charge in [0.2, 0.25) is 5.91 Å². The quantitative estimate of drug-likeness (QED) is 0.402. The summed E-state index contributed by atoms with van der Waals surface area (Å²) in [6.07, 6.45) is 3.42. The number of thioether (sulfide) groups is 1. The fourth-order valence-electron chi connectivity index (χ4n) is 2.87. The van der Waals surface area contributed by atoms with E-state index in [0.29, 0.717) is 16.6 Å². The van der Waals surface area contributed by atoms with Gasteiger partial charge in [0, 0.05) is 17.5 Å². The standard InChI is InChI=1S/C23H25N3O2S/c1-2-3-7-17-10-12-19(13-11-17)24-21(27)14-20-15-22(28)26-23(25-20)29-16-18-8-5-4-6-9-18/h4-6,8-13,15H,2-3,7,14,16H2,1H3,(H,24,27)(H,25,26,28). The molecule has 1 aromatic heterocycles. The first-order chi connectivity index (χ1) is 14.1. The van der Waals surface area contributed by atoms with Crippen molar-refractivity contribution >= 4 is 23.4 Å². The van der Waals surface area contributed by atoms with Gasteiger partial charge in [-0.3, -0.25) is 9.59 Å². The number of carbonyl (C=O) groups excluding carboxylic acids is 1. The molecule has 0 aliphatic heterocycles. The molecule has 0 radical (unpaired) electrons. The Morgan fingerprint density at radius 1 is 1.07 bits per heavy atom. The molecule has 0 unspecified atom stereocenters. The minimum Gasteiger partial charge on any atom is -0.326 e. The Bertz CT molecular complexity index is 985. The highest BCUT2D eigenvalue weighted by atomic mass is 32.2. The Labute approximate surface area is 175 Å². The summed E-state index contributed by atoms with van der Waals surface area (Å²) in [7, 11) is 0. The maximum atomic E-state index is 12.4. The third-order valence-electron chi connectivity index (χ3n) is 4.39. The lowest BCUT2D eigenvalue weighted by Gasteiger charge is -2.07. The molecule has 0 spiro atoms. The molecule has 6 heteroatoms. The summed E-state index contributed by atoms with van der Waals surface area (Å²) in [5, 5.41) is 3.39. The van der Waals surface area contributed by atoms with Gasteiger partial charge >= 0.3 is 0 Å². The molecule has 0 saturated heterocycles. The molecule has 0 bridgehead atoms. The van der Waals surface area contributed by atoms with Gasteiger partial charge < -0.3 is 10.3 Å². The van der Waals surface area contributed by atoms with Crippen molar-refractivity contribution in [3.63, 3.8) is 0 Å². The number of carbonyl (C=O) groups is 1. The smallest absolute Gasteiger partial charge is 0.251 e. The molecule has 0 saturated carbocycles. The zero-order valence-electron chi connectivity index (χ0n) is 16.5. The van der Waals surface area contributed by atoms with Crippen LogP contribution in [0.2, 0.25) is 0 Å². The van der Waals surface area contributed by atoms with Gasteiger partial charge in [0.25, 0.3) is 5.56 Å². The predicted molar refractivity (Wildman–Crippen MR) is 118 cm³/mol. The van der Waals surface area contributed by atoms with Gasteiger partial charge in [-0.15, -0.1) is 0 Å². The number of nitrogens with zero attached hydrogens (tertiary/aromatic N) is 1. The summed E-state index contributed by atoms with van der Waals surface area (Å²) in [6, 6.07) is 19.2. The zero-order chi connectivity index (χ0) is 20.5. The number of hydrogen-bond donors (Lipinski definition) is 2. The summed E-state index contributed by atoms with van der Waals surface area (Å²) in [5.74, 6) is 0.507. The number of benzene rings is 2. The summed E-state index contributed by atoms with van der Waals surface area (Å²) >= 11 is 1.44. The van der Waals surface area contributed by atoms with E-state index in [1.165, 1.54) is 23.4 Å². The van der Waals surface area contributed by atoms with Crippen LogP contribution in [0.25, 0.3) is 0 Å². The number of aryl methyl sites for hydroxylation is 1. The maximum Gasteiger partial charge on any atom is 0.251 e. The molecule has 3 rings (SSSR count). The monoisotopic (exact) mass is 407 g/mol. The normalized spacial score (nSPS) is 10.7. The number of H-pyrrole nitrogens is 1. The second kappa shape index (κ2) is 10.6. The second-order valence-corrected chi connectivity index (χ2v) is 7.81. The van der Waals surface area contributed by atoms with Gasteiger partial charge in [0.15, 0.2) is 5.16 Å². The van der Waals surface area contributed by atoms with Crippen molar-refractivity contribution in [2.45, 2.75) is 43.5 Å². The molecule has 150 valence electrons. The topological polar surface area (TPSA) is 74.8 Å². The van der Waals surface area contributed by atoms with E-state index in [1.54, 1.807) is 0 Å². The molecule has 0 aliphatic carbocycles. The van der Waals surface area contributed by atoms with E-state index >= 15 is 0 Å².